The molecule has 0 unspecified atom stereocenters. The summed E-state index contributed by atoms with van der Waals surface area (Å²) < 4.78 is 10.5. The van der Waals surface area contributed by atoms with Crippen molar-refractivity contribution in [1.82, 2.24) is 15.2 Å². The van der Waals surface area contributed by atoms with Gasteiger partial charge in [-0.05, 0) is 17.9 Å². The van der Waals surface area contributed by atoms with E-state index in [0.717, 1.165) is 11.3 Å². The molecule has 3 atom stereocenters. The van der Waals surface area contributed by atoms with Crippen LogP contribution < -0.4 is 10.1 Å². The number of aliphatic carboxylic acids is 1. The molecule has 1 aliphatic rings. The first-order chi connectivity index (χ1) is 16.1. The van der Waals surface area contributed by atoms with Crippen molar-refractivity contribution in [1.29, 1.82) is 0 Å². The number of carboxylic acid groups (broad SMARTS) is 1. The highest BCUT2D eigenvalue weighted by Crippen LogP contribution is 2.29. The zero-order valence-corrected chi connectivity index (χ0v) is 19.9. The predicted molar refractivity (Wildman–Crippen MR) is 125 cm³/mol. The number of amides is 2. The smallest absolute Gasteiger partial charge is 0.407 e. The molecule has 9 heteroatoms. The van der Waals surface area contributed by atoms with Crippen LogP contribution in [0.2, 0.25) is 0 Å². The molecule has 2 N–H and O–H groups in total. The topological polar surface area (TPSA) is 118 Å². The van der Waals surface area contributed by atoms with Crippen molar-refractivity contribution in [3.8, 4) is 17.1 Å². The van der Waals surface area contributed by atoms with E-state index in [2.05, 4.69) is 15.0 Å². The maximum atomic E-state index is 13.3. The molecule has 2 amide bonds. The minimum atomic E-state index is -1.09. The lowest BCUT2D eigenvalue weighted by atomic mass is 9.85. The van der Waals surface area contributed by atoms with E-state index >= 15 is 0 Å². The molecule has 0 bridgehead atoms. The largest absolute Gasteiger partial charge is 0.480 e. The van der Waals surface area contributed by atoms with Crippen molar-refractivity contribution in [2.45, 2.75) is 39.3 Å². The van der Waals surface area contributed by atoms with Gasteiger partial charge in [0.05, 0.1) is 19.4 Å². The number of methoxy groups -OCH3 is 1. The van der Waals surface area contributed by atoms with E-state index < -0.39 is 35.5 Å². The molecule has 0 aliphatic carbocycles. The van der Waals surface area contributed by atoms with Gasteiger partial charge in [-0.25, -0.2) is 14.6 Å². The highest BCUT2D eigenvalue weighted by atomic mass is 16.5. The van der Waals surface area contributed by atoms with Crippen LogP contribution in [0, 0.1) is 11.3 Å². The second-order valence-corrected chi connectivity index (χ2v) is 9.42. The first kappa shape index (κ1) is 25.0. The van der Waals surface area contributed by atoms with Crippen LogP contribution in [-0.2, 0) is 14.3 Å². The van der Waals surface area contributed by atoms with Crippen molar-refractivity contribution in [2.24, 2.45) is 11.3 Å². The van der Waals surface area contributed by atoms with Gasteiger partial charge in [-0.15, -0.1) is 0 Å². The summed E-state index contributed by atoms with van der Waals surface area (Å²) in [5.74, 6) is -1.33. The minimum absolute atomic E-state index is 0.198. The van der Waals surface area contributed by atoms with E-state index in [4.69, 9.17) is 4.74 Å². The number of rotatable bonds is 7. The molecule has 2 heterocycles. The monoisotopic (exact) mass is 469 g/mol. The van der Waals surface area contributed by atoms with Gasteiger partial charge >= 0.3 is 12.1 Å². The van der Waals surface area contributed by atoms with E-state index in [9.17, 15) is 19.5 Å². The van der Waals surface area contributed by atoms with Crippen LogP contribution in [0.4, 0.5) is 4.79 Å². The molecule has 1 aliphatic heterocycles. The minimum Gasteiger partial charge on any atom is -0.480 e. The van der Waals surface area contributed by atoms with Crippen LogP contribution in [0.25, 0.3) is 11.3 Å². The molecule has 34 heavy (non-hydrogen) atoms. The van der Waals surface area contributed by atoms with Crippen molar-refractivity contribution in [2.75, 3.05) is 20.3 Å². The van der Waals surface area contributed by atoms with Crippen molar-refractivity contribution in [3.05, 3.63) is 48.5 Å². The van der Waals surface area contributed by atoms with Gasteiger partial charge < -0.3 is 24.8 Å². The zero-order valence-electron chi connectivity index (χ0n) is 19.9. The number of carbonyl (C=O) groups excluding carboxylic acids is 2. The Morgan fingerprint density at radius 2 is 1.85 bits per heavy atom. The van der Waals surface area contributed by atoms with Gasteiger partial charge in [-0.1, -0.05) is 57.2 Å². The van der Waals surface area contributed by atoms with Crippen LogP contribution in [0.1, 0.15) is 27.2 Å². The summed E-state index contributed by atoms with van der Waals surface area (Å²) in [6.45, 7) is 5.79. The number of aromatic nitrogens is 1. The summed E-state index contributed by atoms with van der Waals surface area (Å²) in [5.41, 5.74) is 1.08. The lowest BCUT2D eigenvalue weighted by molar-refractivity contribution is -0.150. The van der Waals surface area contributed by atoms with Crippen molar-refractivity contribution < 1.29 is 29.0 Å². The molecule has 1 aromatic carbocycles. The summed E-state index contributed by atoms with van der Waals surface area (Å²) >= 11 is 0. The fourth-order valence-electron chi connectivity index (χ4n) is 3.98. The summed E-state index contributed by atoms with van der Waals surface area (Å²) in [5, 5.41) is 12.3. The fraction of sp³-hybridized carbons (Fsp3) is 0.440. The third-order valence-electron chi connectivity index (χ3n) is 5.78. The summed E-state index contributed by atoms with van der Waals surface area (Å²) in [6, 6.07) is 13.2. The second kappa shape index (κ2) is 10.5. The van der Waals surface area contributed by atoms with Gasteiger partial charge in [-0.3, -0.25) is 4.79 Å². The first-order valence-electron chi connectivity index (χ1n) is 11.1. The average Bonchev–Trinajstić information content (AvgIpc) is 3.25. The Labute approximate surface area is 199 Å². The number of hydrogen-bond donors (Lipinski definition) is 2. The Hall–Kier alpha value is -3.62. The van der Waals surface area contributed by atoms with Crippen molar-refractivity contribution >= 4 is 18.0 Å². The van der Waals surface area contributed by atoms with Crippen LogP contribution in [0.15, 0.2) is 48.5 Å². The SMILES string of the molecule is COC(=O)N[C@H](C(=O)N1C[C@H](COc2cccc(-c3ccccc3)n2)C[C@H]1C(=O)O)C(C)(C)C. The number of benzene rings is 1. The van der Waals surface area contributed by atoms with Gasteiger partial charge in [0.2, 0.25) is 11.8 Å². The van der Waals surface area contributed by atoms with E-state index in [1.807, 2.05) is 42.5 Å². The number of carbonyl (C=O) groups is 3. The number of alkyl carbamates (subject to hydrolysis) is 1. The molecular weight excluding hydrogens is 438 g/mol. The third-order valence-corrected chi connectivity index (χ3v) is 5.78. The van der Waals surface area contributed by atoms with Crippen LogP contribution >= 0.6 is 0 Å². The number of pyridine rings is 1. The van der Waals surface area contributed by atoms with Gasteiger partial charge in [0.15, 0.2) is 0 Å². The molecule has 1 fully saturated rings. The number of likely N-dealkylation sites (tertiary alicyclic amines) is 1. The molecule has 3 rings (SSSR count). The van der Waals surface area contributed by atoms with E-state index in [1.54, 1.807) is 26.8 Å². The third kappa shape index (κ3) is 6.03. The number of carboxylic acids is 1. The summed E-state index contributed by atoms with van der Waals surface area (Å²) in [6.07, 6.45) is -0.502. The molecule has 0 saturated carbocycles. The van der Waals surface area contributed by atoms with Crippen LogP contribution in [0.3, 0.4) is 0 Å². The Bertz CT molecular complexity index is 1020. The number of hydrogen-bond acceptors (Lipinski definition) is 6. The van der Waals surface area contributed by atoms with E-state index in [1.165, 1.54) is 12.0 Å². The summed E-state index contributed by atoms with van der Waals surface area (Å²) in [7, 11) is 1.21. The molecule has 1 aromatic heterocycles. The first-order valence-corrected chi connectivity index (χ1v) is 11.1. The molecule has 182 valence electrons. The lowest BCUT2D eigenvalue weighted by Crippen LogP contribution is -2.56. The Morgan fingerprint density at radius 1 is 1.15 bits per heavy atom. The van der Waals surface area contributed by atoms with Gasteiger partial charge in [0.1, 0.15) is 12.1 Å². The lowest BCUT2D eigenvalue weighted by Gasteiger charge is -2.34. The molecule has 2 aromatic rings. The Morgan fingerprint density at radius 3 is 2.47 bits per heavy atom. The fourth-order valence-corrected chi connectivity index (χ4v) is 3.98. The maximum absolute atomic E-state index is 13.3. The van der Waals surface area contributed by atoms with E-state index in [0.29, 0.717) is 5.88 Å². The van der Waals surface area contributed by atoms with Gasteiger partial charge in [-0.2, -0.15) is 0 Å². The Kier molecular flexibility index (Phi) is 7.75. The molecule has 0 spiro atoms. The summed E-state index contributed by atoms with van der Waals surface area (Å²) in [4.78, 5) is 42.9. The van der Waals surface area contributed by atoms with Gasteiger partial charge in [0.25, 0.3) is 0 Å². The standard InChI is InChI=1S/C25H31N3O6/c1-25(2,3)21(27-24(32)33-4)22(29)28-14-16(13-19(28)23(30)31)15-34-20-12-8-11-18(26-20)17-9-6-5-7-10-17/h5-12,16,19,21H,13-15H2,1-4H3,(H,27,32)(H,30,31)/t16-,19+,21-/m1/s1. The number of nitrogens with zero attached hydrogens (tertiary/aromatic N) is 2. The van der Waals surface area contributed by atoms with Crippen LogP contribution in [0.5, 0.6) is 5.88 Å². The molecule has 1 saturated heterocycles. The predicted octanol–water partition coefficient (Wildman–Crippen LogP) is 3.20. The average molecular weight is 470 g/mol. The molecule has 9 nitrogen and oxygen atoms in total. The van der Waals surface area contributed by atoms with Gasteiger partial charge in [0, 0.05) is 24.1 Å². The molecule has 0 radical (unpaired) electrons. The normalized spacial score (nSPS) is 18.8. The highest BCUT2D eigenvalue weighted by Gasteiger charge is 2.45. The second-order valence-electron chi connectivity index (χ2n) is 9.42. The maximum Gasteiger partial charge on any atom is 0.407 e. The highest BCUT2D eigenvalue weighted by molar-refractivity contribution is 5.90. The number of nitrogens with one attached hydrogen (secondary N) is 1. The number of ether oxygens (including phenoxy) is 2. The van der Waals surface area contributed by atoms with E-state index in [-0.39, 0.29) is 25.5 Å². The molecular formula is C25H31N3O6. The zero-order chi connectivity index (χ0) is 24.9. The quantitative estimate of drug-likeness (QED) is 0.639. The van der Waals surface area contributed by atoms with Crippen molar-refractivity contribution in [3.63, 3.8) is 0 Å². The Balaban J connectivity index is 1.71. The van der Waals surface area contributed by atoms with Crippen LogP contribution in [-0.4, -0.2) is 65.3 Å².